The Morgan fingerprint density at radius 2 is 1.95 bits per heavy atom. The minimum Gasteiger partial charge on any atom is -0.324 e. The quantitative estimate of drug-likeness (QED) is 0.860. The number of hydrogen-bond acceptors (Lipinski definition) is 2. The average molecular weight is 259 g/mol. The van der Waals surface area contributed by atoms with E-state index in [1.54, 1.807) is 0 Å². The monoisotopic (exact) mass is 259 g/mol. The number of aryl methyl sites for hydroxylation is 1. The summed E-state index contributed by atoms with van der Waals surface area (Å²) < 4.78 is 2.40. The Balaban J connectivity index is 2.35. The van der Waals surface area contributed by atoms with Crippen molar-refractivity contribution in [1.82, 2.24) is 14.9 Å². The summed E-state index contributed by atoms with van der Waals surface area (Å²) in [5, 5.41) is 3.52. The summed E-state index contributed by atoms with van der Waals surface area (Å²) >= 11 is 0. The summed E-state index contributed by atoms with van der Waals surface area (Å²) in [5.41, 5.74) is 2.37. The topological polar surface area (TPSA) is 29.9 Å². The second-order valence-corrected chi connectivity index (χ2v) is 5.55. The lowest BCUT2D eigenvalue weighted by Crippen LogP contribution is -2.29. The van der Waals surface area contributed by atoms with Crippen LogP contribution in [0, 0.1) is 0 Å². The second-order valence-electron chi connectivity index (χ2n) is 5.55. The van der Waals surface area contributed by atoms with E-state index in [4.69, 9.17) is 4.98 Å². The van der Waals surface area contributed by atoms with Crippen LogP contribution in [0.2, 0.25) is 0 Å². The van der Waals surface area contributed by atoms with E-state index >= 15 is 0 Å². The van der Waals surface area contributed by atoms with Crippen molar-refractivity contribution in [3.05, 3.63) is 30.1 Å². The third kappa shape index (κ3) is 3.16. The molecule has 1 atom stereocenters. The highest BCUT2D eigenvalue weighted by Gasteiger charge is 2.14. The molecule has 0 saturated carbocycles. The van der Waals surface area contributed by atoms with E-state index < -0.39 is 0 Å². The van der Waals surface area contributed by atoms with Gasteiger partial charge in [0, 0.05) is 25.0 Å². The maximum Gasteiger partial charge on any atom is 0.110 e. The van der Waals surface area contributed by atoms with Crippen molar-refractivity contribution in [2.24, 2.45) is 0 Å². The van der Waals surface area contributed by atoms with Gasteiger partial charge in [-0.15, -0.1) is 0 Å². The third-order valence-corrected chi connectivity index (χ3v) is 3.40. The number of nitrogens with zero attached hydrogens (tertiary/aromatic N) is 2. The molecule has 3 nitrogen and oxygen atoms in total. The molecule has 19 heavy (non-hydrogen) atoms. The highest BCUT2D eigenvalue weighted by molar-refractivity contribution is 5.76. The van der Waals surface area contributed by atoms with Crippen molar-refractivity contribution in [3.8, 4) is 0 Å². The number of rotatable bonds is 6. The standard InChI is InChI=1S/C16H25N3/c1-5-8-16-18-14-9-6-7-10-15(14)19(16)13(4)11-17-12(2)3/h6-7,9-10,12-13,17H,5,8,11H2,1-4H3. The maximum atomic E-state index is 4.79. The number of benzene rings is 1. The lowest BCUT2D eigenvalue weighted by atomic mass is 10.2. The van der Waals surface area contributed by atoms with Gasteiger partial charge in [-0.1, -0.05) is 32.9 Å². The van der Waals surface area contributed by atoms with Gasteiger partial charge in [0.2, 0.25) is 0 Å². The zero-order chi connectivity index (χ0) is 13.8. The van der Waals surface area contributed by atoms with Gasteiger partial charge in [-0.3, -0.25) is 0 Å². The highest BCUT2D eigenvalue weighted by atomic mass is 15.1. The normalized spacial score (nSPS) is 13.3. The lowest BCUT2D eigenvalue weighted by molar-refractivity contribution is 0.460. The molecule has 2 aromatic rings. The summed E-state index contributed by atoms with van der Waals surface area (Å²) in [6.07, 6.45) is 2.17. The van der Waals surface area contributed by atoms with E-state index in [2.05, 4.69) is 61.8 Å². The van der Waals surface area contributed by atoms with Crippen LogP contribution in [0.5, 0.6) is 0 Å². The van der Waals surface area contributed by atoms with Crippen LogP contribution in [-0.2, 0) is 6.42 Å². The molecule has 1 N–H and O–H groups in total. The molecule has 1 aromatic heterocycles. The van der Waals surface area contributed by atoms with Gasteiger partial charge in [-0.05, 0) is 25.5 Å². The second kappa shape index (κ2) is 6.20. The average Bonchev–Trinajstić information content (AvgIpc) is 2.74. The number of para-hydroxylation sites is 2. The van der Waals surface area contributed by atoms with Crippen LogP contribution in [0.3, 0.4) is 0 Å². The molecule has 0 radical (unpaired) electrons. The Bertz CT molecular complexity index is 528. The van der Waals surface area contributed by atoms with Crippen LogP contribution in [-0.4, -0.2) is 22.1 Å². The lowest BCUT2D eigenvalue weighted by Gasteiger charge is -2.19. The molecule has 0 aliphatic carbocycles. The molecular weight excluding hydrogens is 234 g/mol. The van der Waals surface area contributed by atoms with Gasteiger partial charge in [0.05, 0.1) is 11.0 Å². The summed E-state index contributed by atoms with van der Waals surface area (Å²) in [6, 6.07) is 9.38. The van der Waals surface area contributed by atoms with Crippen LogP contribution >= 0.6 is 0 Å². The molecule has 0 amide bonds. The molecule has 0 fully saturated rings. The molecule has 0 saturated heterocycles. The summed E-state index contributed by atoms with van der Waals surface area (Å²) in [5.74, 6) is 1.21. The van der Waals surface area contributed by atoms with Gasteiger partial charge in [0.1, 0.15) is 5.82 Å². The SMILES string of the molecule is CCCc1nc2ccccc2n1C(C)CNC(C)C. The van der Waals surface area contributed by atoms with E-state index in [-0.39, 0.29) is 0 Å². The van der Waals surface area contributed by atoms with Gasteiger partial charge in [0.25, 0.3) is 0 Å². The first-order valence-electron chi connectivity index (χ1n) is 7.32. The first-order chi connectivity index (χ1) is 9.13. The van der Waals surface area contributed by atoms with E-state index in [1.165, 1.54) is 11.3 Å². The fourth-order valence-electron chi connectivity index (χ4n) is 2.48. The molecule has 3 heteroatoms. The van der Waals surface area contributed by atoms with Crippen LogP contribution in [0.15, 0.2) is 24.3 Å². The van der Waals surface area contributed by atoms with Crippen molar-refractivity contribution in [2.75, 3.05) is 6.54 Å². The first-order valence-corrected chi connectivity index (χ1v) is 7.32. The van der Waals surface area contributed by atoms with E-state index in [0.717, 1.165) is 24.9 Å². The van der Waals surface area contributed by atoms with E-state index in [9.17, 15) is 0 Å². The Kier molecular flexibility index (Phi) is 4.59. The Labute approximate surface area is 116 Å². The Morgan fingerprint density at radius 3 is 2.63 bits per heavy atom. The zero-order valence-electron chi connectivity index (χ0n) is 12.5. The molecule has 1 heterocycles. The Morgan fingerprint density at radius 1 is 1.21 bits per heavy atom. The van der Waals surface area contributed by atoms with Crippen LogP contribution in [0.25, 0.3) is 11.0 Å². The maximum absolute atomic E-state index is 4.79. The Hall–Kier alpha value is -1.35. The molecule has 0 aliphatic heterocycles. The molecule has 1 aromatic carbocycles. The van der Waals surface area contributed by atoms with Crippen molar-refractivity contribution in [2.45, 2.75) is 52.6 Å². The van der Waals surface area contributed by atoms with Crippen molar-refractivity contribution in [3.63, 3.8) is 0 Å². The number of hydrogen-bond donors (Lipinski definition) is 1. The molecule has 2 rings (SSSR count). The van der Waals surface area contributed by atoms with E-state index in [0.29, 0.717) is 12.1 Å². The minimum atomic E-state index is 0.427. The smallest absolute Gasteiger partial charge is 0.110 e. The molecule has 0 bridgehead atoms. The van der Waals surface area contributed by atoms with Crippen molar-refractivity contribution in [1.29, 1.82) is 0 Å². The van der Waals surface area contributed by atoms with Crippen molar-refractivity contribution >= 4 is 11.0 Å². The fraction of sp³-hybridized carbons (Fsp3) is 0.562. The summed E-state index contributed by atoms with van der Waals surface area (Å²) in [6.45, 7) is 9.83. The largest absolute Gasteiger partial charge is 0.324 e. The predicted molar refractivity (Wildman–Crippen MR) is 81.6 cm³/mol. The van der Waals surface area contributed by atoms with Gasteiger partial charge in [-0.25, -0.2) is 4.98 Å². The summed E-state index contributed by atoms with van der Waals surface area (Å²) in [4.78, 5) is 4.79. The van der Waals surface area contributed by atoms with Gasteiger partial charge >= 0.3 is 0 Å². The van der Waals surface area contributed by atoms with Gasteiger partial charge < -0.3 is 9.88 Å². The van der Waals surface area contributed by atoms with Gasteiger partial charge in [-0.2, -0.15) is 0 Å². The fourth-order valence-corrected chi connectivity index (χ4v) is 2.48. The summed E-state index contributed by atoms with van der Waals surface area (Å²) in [7, 11) is 0. The third-order valence-electron chi connectivity index (χ3n) is 3.40. The highest BCUT2D eigenvalue weighted by Crippen LogP contribution is 2.21. The molecule has 104 valence electrons. The molecule has 0 aliphatic rings. The van der Waals surface area contributed by atoms with Crippen molar-refractivity contribution < 1.29 is 0 Å². The minimum absolute atomic E-state index is 0.427. The number of fused-ring (bicyclic) bond motifs is 1. The predicted octanol–water partition coefficient (Wildman–Crippen LogP) is 3.55. The number of aromatic nitrogens is 2. The number of nitrogens with one attached hydrogen (secondary N) is 1. The molecular formula is C16H25N3. The number of imidazole rings is 1. The molecule has 1 unspecified atom stereocenters. The van der Waals surface area contributed by atoms with Crippen LogP contribution < -0.4 is 5.32 Å². The first kappa shape index (κ1) is 14.1. The van der Waals surface area contributed by atoms with Crippen LogP contribution in [0.1, 0.15) is 46.0 Å². The van der Waals surface area contributed by atoms with E-state index in [1.807, 2.05) is 0 Å². The van der Waals surface area contributed by atoms with Gasteiger partial charge in [0.15, 0.2) is 0 Å². The molecule has 0 spiro atoms. The van der Waals surface area contributed by atoms with Crippen LogP contribution in [0.4, 0.5) is 0 Å². The zero-order valence-corrected chi connectivity index (χ0v) is 12.5.